The van der Waals surface area contributed by atoms with E-state index in [0.29, 0.717) is 23.5 Å². The molecule has 3 aromatic rings. The largest absolute Gasteiger partial charge is 0.493 e. The molecule has 1 fully saturated rings. The zero-order valence-corrected chi connectivity index (χ0v) is 20.6. The van der Waals surface area contributed by atoms with Crippen molar-refractivity contribution in [3.05, 3.63) is 48.0 Å². The van der Waals surface area contributed by atoms with Gasteiger partial charge in [-0.05, 0) is 49.1 Å². The Kier molecular flexibility index (Phi) is 8.46. The molecule has 2 N–H and O–H groups in total. The highest BCUT2D eigenvalue weighted by molar-refractivity contribution is 7.99. The van der Waals surface area contributed by atoms with Crippen molar-refractivity contribution in [1.29, 1.82) is 0 Å². The molecular formula is C26H32N4O3S. The average molecular weight is 481 g/mol. The molecule has 0 radical (unpaired) electrons. The molecule has 34 heavy (non-hydrogen) atoms. The molecule has 0 atom stereocenters. The Hall–Kier alpha value is -3.00. The number of nitrogens with zero attached hydrogens (tertiary/aromatic N) is 2. The molecule has 1 heterocycles. The Labute approximate surface area is 205 Å². The summed E-state index contributed by atoms with van der Waals surface area (Å²) in [6, 6.07) is 14.2. The lowest BCUT2D eigenvalue weighted by Crippen LogP contribution is -2.37. The third-order valence-corrected chi connectivity index (χ3v) is 6.89. The number of carbonyl (C=O) groups excluding carboxylic acids is 1. The molecule has 0 spiro atoms. The molecule has 0 saturated heterocycles. The van der Waals surface area contributed by atoms with Crippen LogP contribution in [0.1, 0.15) is 37.7 Å². The fourth-order valence-corrected chi connectivity index (χ4v) is 4.92. The Bertz CT molecular complexity index is 1120. The number of fused-ring (bicyclic) bond motifs is 1. The van der Waals surface area contributed by atoms with E-state index in [9.17, 15) is 4.79 Å². The minimum Gasteiger partial charge on any atom is -0.493 e. The third kappa shape index (κ3) is 6.32. The zero-order chi connectivity index (χ0) is 23.8. The van der Waals surface area contributed by atoms with Gasteiger partial charge in [-0.25, -0.2) is 9.97 Å². The van der Waals surface area contributed by atoms with E-state index in [1.807, 2.05) is 42.5 Å². The number of benzene rings is 2. The molecular weight excluding hydrogens is 448 g/mol. The number of hydrogen-bond acceptors (Lipinski definition) is 7. The van der Waals surface area contributed by atoms with Gasteiger partial charge in [-0.15, -0.1) is 0 Å². The van der Waals surface area contributed by atoms with E-state index in [-0.39, 0.29) is 5.91 Å². The van der Waals surface area contributed by atoms with Gasteiger partial charge in [-0.3, -0.25) is 4.79 Å². The van der Waals surface area contributed by atoms with E-state index >= 15 is 0 Å². The fourth-order valence-electron chi connectivity index (χ4n) is 4.26. The Morgan fingerprint density at radius 1 is 1.03 bits per heavy atom. The van der Waals surface area contributed by atoms with Gasteiger partial charge >= 0.3 is 0 Å². The lowest BCUT2D eigenvalue weighted by Gasteiger charge is -2.22. The molecule has 7 nitrogen and oxygen atoms in total. The van der Waals surface area contributed by atoms with Crippen molar-refractivity contribution in [3.8, 4) is 11.5 Å². The minimum absolute atomic E-state index is 0.0524. The number of rotatable bonds is 10. The lowest BCUT2D eigenvalue weighted by molar-refractivity contribution is -0.119. The number of anilines is 1. The number of methoxy groups -OCH3 is 2. The molecule has 4 rings (SSSR count). The van der Waals surface area contributed by atoms with Crippen LogP contribution >= 0.6 is 11.8 Å². The summed E-state index contributed by atoms with van der Waals surface area (Å²) in [6.07, 6.45) is 6.63. The van der Waals surface area contributed by atoms with Crippen molar-refractivity contribution in [3.63, 3.8) is 0 Å². The monoisotopic (exact) mass is 480 g/mol. The van der Waals surface area contributed by atoms with Crippen LogP contribution in [0.25, 0.3) is 10.9 Å². The summed E-state index contributed by atoms with van der Waals surface area (Å²) in [4.78, 5) is 21.8. The SMILES string of the molecule is COc1ccc(CCNc2nc(SCC(=O)NC3CCCCC3)nc3ccccc23)cc1OC. The predicted molar refractivity (Wildman–Crippen MR) is 137 cm³/mol. The Morgan fingerprint density at radius 3 is 2.62 bits per heavy atom. The molecule has 1 amide bonds. The highest BCUT2D eigenvalue weighted by Gasteiger charge is 2.16. The average Bonchev–Trinajstić information content (AvgIpc) is 2.88. The molecule has 0 bridgehead atoms. The highest BCUT2D eigenvalue weighted by Crippen LogP contribution is 2.28. The number of amides is 1. The first kappa shape index (κ1) is 24.1. The van der Waals surface area contributed by atoms with E-state index in [1.54, 1.807) is 14.2 Å². The number of para-hydroxylation sites is 1. The summed E-state index contributed by atoms with van der Waals surface area (Å²) in [6.45, 7) is 0.697. The third-order valence-electron chi connectivity index (χ3n) is 6.04. The molecule has 1 saturated carbocycles. The van der Waals surface area contributed by atoms with Gasteiger partial charge in [0, 0.05) is 18.0 Å². The van der Waals surface area contributed by atoms with Crippen LogP contribution in [0.15, 0.2) is 47.6 Å². The van der Waals surface area contributed by atoms with Crippen molar-refractivity contribution >= 4 is 34.4 Å². The van der Waals surface area contributed by atoms with Gasteiger partial charge in [-0.2, -0.15) is 0 Å². The minimum atomic E-state index is 0.0524. The second kappa shape index (κ2) is 11.9. The molecule has 1 aromatic heterocycles. The maximum atomic E-state index is 12.4. The van der Waals surface area contributed by atoms with Crippen LogP contribution in [0, 0.1) is 0 Å². The zero-order valence-electron chi connectivity index (χ0n) is 19.8. The first-order chi connectivity index (χ1) is 16.7. The maximum absolute atomic E-state index is 12.4. The summed E-state index contributed by atoms with van der Waals surface area (Å²) in [7, 11) is 3.27. The molecule has 0 aliphatic heterocycles. The smallest absolute Gasteiger partial charge is 0.230 e. The number of ether oxygens (including phenoxy) is 2. The van der Waals surface area contributed by atoms with Crippen LogP contribution < -0.4 is 20.1 Å². The Balaban J connectivity index is 1.40. The van der Waals surface area contributed by atoms with Crippen molar-refractivity contribution in [2.75, 3.05) is 31.8 Å². The normalized spacial score (nSPS) is 14.1. The van der Waals surface area contributed by atoms with Crippen LogP contribution in [0.2, 0.25) is 0 Å². The molecule has 1 aliphatic rings. The fraction of sp³-hybridized carbons (Fsp3) is 0.423. The summed E-state index contributed by atoms with van der Waals surface area (Å²) in [5, 5.41) is 8.19. The van der Waals surface area contributed by atoms with Crippen LogP contribution in [0.5, 0.6) is 11.5 Å². The molecule has 8 heteroatoms. The van der Waals surface area contributed by atoms with Crippen molar-refractivity contribution in [2.45, 2.75) is 49.7 Å². The van der Waals surface area contributed by atoms with Gasteiger partial charge in [0.15, 0.2) is 16.7 Å². The van der Waals surface area contributed by atoms with Crippen molar-refractivity contribution in [2.24, 2.45) is 0 Å². The van der Waals surface area contributed by atoms with Crippen LogP contribution in [0.3, 0.4) is 0 Å². The maximum Gasteiger partial charge on any atom is 0.230 e. The van der Waals surface area contributed by atoms with Crippen molar-refractivity contribution < 1.29 is 14.3 Å². The Morgan fingerprint density at radius 2 is 1.82 bits per heavy atom. The van der Waals surface area contributed by atoms with Gasteiger partial charge in [0.05, 0.1) is 25.5 Å². The van der Waals surface area contributed by atoms with Crippen molar-refractivity contribution in [1.82, 2.24) is 15.3 Å². The van der Waals surface area contributed by atoms with Crippen LogP contribution in [0.4, 0.5) is 5.82 Å². The quantitative estimate of drug-likeness (QED) is 0.317. The summed E-state index contributed by atoms with van der Waals surface area (Å²) in [5.74, 6) is 2.59. The van der Waals surface area contributed by atoms with E-state index in [2.05, 4.69) is 15.6 Å². The van der Waals surface area contributed by atoms with Crippen LogP contribution in [-0.4, -0.2) is 48.4 Å². The number of thioether (sulfide) groups is 1. The van der Waals surface area contributed by atoms with E-state index < -0.39 is 0 Å². The van der Waals surface area contributed by atoms with E-state index in [0.717, 1.165) is 53.0 Å². The topological polar surface area (TPSA) is 85.4 Å². The standard InChI is InChI=1S/C26H32N4O3S/c1-32-22-13-12-18(16-23(22)33-2)14-15-27-25-20-10-6-7-11-21(20)29-26(30-25)34-17-24(31)28-19-8-4-3-5-9-19/h6-7,10-13,16,19H,3-5,8-9,14-15,17H2,1-2H3,(H,28,31)(H,27,29,30). The molecule has 0 unspecified atom stereocenters. The van der Waals surface area contributed by atoms with Gasteiger partial charge < -0.3 is 20.1 Å². The molecule has 180 valence electrons. The lowest BCUT2D eigenvalue weighted by atomic mass is 9.95. The summed E-state index contributed by atoms with van der Waals surface area (Å²) < 4.78 is 10.7. The number of nitrogens with one attached hydrogen (secondary N) is 2. The summed E-state index contributed by atoms with van der Waals surface area (Å²) >= 11 is 1.38. The highest BCUT2D eigenvalue weighted by atomic mass is 32.2. The van der Waals surface area contributed by atoms with E-state index in [1.165, 1.54) is 31.0 Å². The second-order valence-corrected chi connectivity index (χ2v) is 9.37. The van der Waals surface area contributed by atoms with Crippen LogP contribution in [-0.2, 0) is 11.2 Å². The number of carbonyl (C=O) groups is 1. The summed E-state index contributed by atoms with van der Waals surface area (Å²) in [5.41, 5.74) is 2.00. The van der Waals surface area contributed by atoms with Gasteiger partial charge in [-0.1, -0.05) is 49.2 Å². The first-order valence-corrected chi connectivity index (χ1v) is 12.8. The first-order valence-electron chi connectivity index (χ1n) is 11.8. The van der Waals surface area contributed by atoms with Gasteiger partial charge in [0.2, 0.25) is 5.91 Å². The predicted octanol–water partition coefficient (Wildman–Crippen LogP) is 4.84. The molecule has 2 aromatic carbocycles. The van der Waals surface area contributed by atoms with E-state index in [4.69, 9.17) is 14.5 Å². The van der Waals surface area contributed by atoms with Gasteiger partial charge in [0.25, 0.3) is 0 Å². The number of hydrogen-bond donors (Lipinski definition) is 2. The molecule has 1 aliphatic carbocycles. The number of aromatic nitrogens is 2. The second-order valence-electron chi connectivity index (χ2n) is 8.43. The van der Waals surface area contributed by atoms with Gasteiger partial charge in [0.1, 0.15) is 5.82 Å².